The lowest BCUT2D eigenvalue weighted by Gasteiger charge is -2.18. The van der Waals surface area contributed by atoms with Crippen molar-refractivity contribution < 1.29 is 0 Å². The number of hydrogen-bond acceptors (Lipinski definition) is 3. The molecule has 1 aliphatic rings. The highest BCUT2D eigenvalue weighted by Crippen LogP contribution is 2.24. The molecule has 1 aromatic heterocycles. The Kier molecular flexibility index (Phi) is 2.08. The van der Waals surface area contributed by atoms with E-state index in [2.05, 4.69) is 9.88 Å². The van der Waals surface area contributed by atoms with Crippen LogP contribution in [0.15, 0.2) is 12.3 Å². The lowest BCUT2D eigenvalue weighted by Crippen LogP contribution is -2.20. The second-order valence-electron chi connectivity index (χ2n) is 3.62. The van der Waals surface area contributed by atoms with Gasteiger partial charge in [-0.25, -0.2) is 4.98 Å². The molecule has 3 nitrogen and oxygen atoms in total. The Hall–Kier alpha value is -1.25. The van der Waals surface area contributed by atoms with Gasteiger partial charge in [0.2, 0.25) is 0 Å². The van der Waals surface area contributed by atoms with Crippen LogP contribution in [0.1, 0.15) is 18.4 Å². The van der Waals surface area contributed by atoms with Crippen molar-refractivity contribution in [2.45, 2.75) is 19.8 Å². The van der Waals surface area contributed by atoms with Gasteiger partial charge in [0.15, 0.2) is 5.82 Å². The summed E-state index contributed by atoms with van der Waals surface area (Å²) in [6.07, 6.45) is 4.40. The molecule has 1 fully saturated rings. The zero-order chi connectivity index (χ0) is 9.26. The van der Waals surface area contributed by atoms with Crippen molar-refractivity contribution >= 4 is 11.5 Å². The molecule has 1 aliphatic heterocycles. The Bertz CT molecular complexity index is 303. The van der Waals surface area contributed by atoms with Gasteiger partial charge in [-0.3, -0.25) is 0 Å². The Morgan fingerprint density at radius 1 is 1.38 bits per heavy atom. The van der Waals surface area contributed by atoms with Gasteiger partial charge in [0.05, 0.1) is 5.69 Å². The molecule has 0 radical (unpaired) electrons. The Morgan fingerprint density at radius 2 is 2.08 bits per heavy atom. The van der Waals surface area contributed by atoms with Crippen molar-refractivity contribution in [1.29, 1.82) is 0 Å². The fraction of sp³-hybridized carbons (Fsp3) is 0.500. The van der Waals surface area contributed by atoms with Crippen molar-refractivity contribution in [3.8, 4) is 0 Å². The lowest BCUT2D eigenvalue weighted by molar-refractivity contribution is 0.938. The summed E-state index contributed by atoms with van der Waals surface area (Å²) in [7, 11) is 0. The second kappa shape index (κ2) is 3.24. The highest BCUT2D eigenvalue weighted by Gasteiger charge is 2.15. The van der Waals surface area contributed by atoms with Crippen LogP contribution in [0.25, 0.3) is 0 Å². The molecule has 2 N–H and O–H groups in total. The van der Waals surface area contributed by atoms with E-state index in [1.807, 2.05) is 19.2 Å². The number of anilines is 2. The predicted molar refractivity (Wildman–Crippen MR) is 54.8 cm³/mol. The monoisotopic (exact) mass is 177 g/mol. The van der Waals surface area contributed by atoms with Crippen LogP contribution in [0.4, 0.5) is 11.5 Å². The van der Waals surface area contributed by atoms with E-state index in [0.717, 1.165) is 30.2 Å². The SMILES string of the molecule is Cc1cnc(N2CCCC2)c(N)c1. The second-order valence-corrected chi connectivity index (χ2v) is 3.62. The topological polar surface area (TPSA) is 42.2 Å². The average Bonchev–Trinajstić information content (AvgIpc) is 2.56. The summed E-state index contributed by atoms with van der Waals surface area (Å²) in [5.41, 5.74) is 7.83. The third-order valence-electron chi connectivity index (χ3n) is 2.44. The van der Waals surface area contributed by atoms with Crippen LogP contribution in [0.3, 0.4) is 0 Å². The number of aromatic nitrogens is 1. The first kappa shape index (κ1) is 8.35. The average molecular weight is 177 g/mol. The van der Waals surface area contributed by atoms with Crippen LogP contribution in [-0.2, 0) is 0 Å². The Balaban J connectivity index is 2.29. The van der Waals surface area contributed by atoms with Crippen LogP contribution in [-0.4, -0.2) is 18.1 Å². The van der Waals surface area contributed by atoms with Gasteiger partial charge in [-0.1, -0.05) is 0 Å². The van der Waals surface area contributed by atoms with Gasteiger partial charge in [0.1, 0.15) is 0 Å². The summed E-state index contributed by atoms with van der Waals surface area (Å²) in [5, 5.41) is 0. The van der Waals surface area contributed by atoms with E-state index in [-0.39, 0.29) is 0 Å². The van der Waals surface area contributed by atoms with E-state index < -0.39 is 0 Å². The molecule has 0 unspecified atom stereocenters. The minimum absolute atomic E-state index is 0.807. The molecule has 0 atom stereocenters. The zero-order valence-corrected chi connectivity index (χ0v) is 7.95. The molecule has 1 aromatic rings. The number of nitrogens with two attached hydrogens (primary N) is 1. The maximum atomic E-state index is 5.90. The van der Waals surface area contributed by atoms with Crippen LogP contribution < -0.4 is 10.6 Å². The van der Waals surface area contributed by atoms with Crippen molar-refractivity contribution in [3.05, 3.63) is 17.8 Å². The molecular weight excluding hydrogens is 162 g/mol. The normalized spacial score (nSPS) is 16.5. The Labute approximate surface area is 78.6 Å². The van der Waals surface area contributed by atoms with Crippen LogP contribution in [0, 0.1) is 6.92 Å². The molecule has 2 rings (SSSR count). The van der Waals surface area contributed by atoms with Gasteiger partial charge >= 0.3 is 0 Å². The van der Waals surface area contributed by atoms with Gasteiger partial charge < -0.3 is 10.6 Å². The predicted octanol–water partition coefficient (Wildman–Crippen LogP) is 1.57. The van der Waals surface area contributed by atoms with Gasteiger partial charge in [-0.05, 0) is 31.4 Å². The number of rotatable bonds is 1. The molecular formula is C10H15N3. The van der Waals surface area contributed by atoms with E-state index in [1.54, 1.807) is 0 Å². The molecule has 0 spiro atoms. The largest absolute Gasteiger partial charge is 0.396 e. The van der Waals surface area contributed by atoms with Crippen LogP contribution in [0.2, 0.25) is 0 Å². The number of pyridine rings is 1. The van der Waals surface area contributed by atoms with Crippen molar-refractivity contribution in [2.24, 2.45) is 0 Å². The molecule has 0 bridgehead atoms. The standard InChI is InChI=1S/C10H15N3/c1-8-6-9(11)10(12-7-8)13-4-2-3-5-13/h6-7H,2-5,11H2,1H3. The van der Waals surface area contributed by atoms with E-state index in [0.29, 0.717) is 0 Å². The molecule has 1 saturated heterocycles. The highest BCUT2D eigenvalue weighted by molar-refractivity contribution is 5.63. The summed E-state index contributed by atoms with van der Waals surface area (Å²) in [6.45, 7) is 4.21. The fourth-order valence-electron chi connectivity index (χ4n) is 1.78. The highest BCUT2D eigenvalue weighted by atomic mass is 15.2. The fourth-order valence-corrected chi connectivity index (χ4v) is 1.78. The van der Waals surface area contributed by atoms with E-state index >= 15 is 0 Å². The summed E-state index contributed by atoms with van der Waals surface area (Å²) in [4.78, 5) is 6.62. The number of nitrogen functional groups attached to an aromatic ring is 1. The molecule has 70 valence electrons. The molecule has 0 saturated carbocycles. The van der Waals surface area contributed by atoms with Crippen LogP contribution >= 0.6 is 0 Å². The van der Waals surface area contributed by atoms with Gasteiger partial charge in [-0.15, -0.1) is 0 Å². The van der Waals surface area contributed by atoms with Crippen molar-refractivity contribution in [2.75, 3.05) is 23.7 Å². The third kappa shape index (κ3) is 1.59. The maximum absolute atomic E-state index is 5.90. The van der Waals surface area contributed by atoms with Crippen molar-refractivity contribution in [3.63, 3.8) is 0 Å². The summed E-state index contributed by atoms with van der Waals surface area (Å²) in [6, 6.07) is 1.99. The minimum atomic E-state index is 0.807. The molecule has 0 aromatic carbocycles. The third-order valence-corrected chi connectivity index (χ3v) is 2.44. The summed E-state index contributed by atoms with van der Waals surface area (Å²) in [5.74, 6) is 0.961. The first-order valence-electron chi connectivity index (χ1n) is 4.74. The number of hydrogen-bond donors (Lipinski definition) is 1. The van der Waals surface area contributed by atoms with Crippen molar-refractivity contribution in [1.82, 2.24) is 4.98 Å². The molecule has 0 amide bonds. The summed E-state index contributed by atoms with van der Waals surface area (Å²) >= 11 is 0. The van der Waals surface area contributed by atoms with E-state index in [9.17, 15) is 0 Å². The van der Waals surface area contributed by atoms with E-state index in [1.165, 1.54) is 12.8 Å². The Morgan fingerprint density at radius 3 is 2.69 bits per heavy atom. The smallest absolute Gasteiger partial charge is 0.151 e. The molecule has 0 aliphatic carbocycles. The first-order valence-corrected chi connectivity index (χ1v) is 4.74. The van der Waals surface area contributed by atoms with Gasteiger partial charge in [0, 0.05) is 19.3 Å². The van der Waals surface area contributed by atoms with Crippen LogP contribution in [0.5, 0.6) is 0 Å². The minimum Gasteiger partial charge on any atom is -0.396 e. The molecule has 13 heavy (non-hydrogen) atoms. The maximum Gasteiger partial charge on any atom is 0.151 e. The van der Waals surface area contributed by atoms with E-state index in [4.69, 9.17) is 5.73 Å². The summed E-state index contributed by atoms with van der Waals surface area (Å²) < 4.78 is 0. The molecule has 2 heterocycles. The number of aryl methyl sites for hydroxylation is 1. The lowest BCUT2D eigenvalue weighted by atomic mass is 10.3. The zero-order valence-electron chi connectivity index (χ0n) is 7.95. The first-order chi connectivity index (χ1) is 6.27. The quantitative estimate of drug-likeness (QED) is 0.708. The van der Waals surface area contributed by atoms with Gasteiger partial charge in [-0.2, -0.15) is 0 Å². The van der Waals surface area contributed by atoms with Gasteiger partial charge in [0.25, 0.3) is 0 Å². The molecule has 3 heteroatoms. The number of nitrogens with zero attached hydrogens (tertiary/aromatic N) is 2.